The fourth-order valence-electron chi connectivity index (χ4n) is 3.20. The highest BCUT2D eigenvalue weighted by atomic mass is 127. The molecule has 1 fully saturated rings. The lowest BCUT2D eigenvalue weighted by Crippen LogP contribution is -2.48. The summed E-state index contributed by atoms with van der Waals surface area (Å²) in [7, 11) is 0. The summed E-state index contributed by atoms with van der Waals surface area (Å²) in [5.74, 6) is -0.211. The third kappa shape index (κ3) is 5.33. The zero-order valence-electron chi connectivity index (χ0n) is 15.9. The molecule has 2 aromatic rings. The van der Waals surface area contributed by atoms with Crippen LogP contribution in [0.1, 0.15) is 11.1 Å². The number of aryl methyl sites for hydroxylation is 1. The predicted molar refractivity (Wildman–Crippen MR) is 120 cm³/mol. The predicted octanol–water partition coefficient (Wildman–Crippen LogP) is 3.76. The summed E-state index contributed by atoms with van der Waals surface area (Å²) in [6, 6.07) is 18.4. The second-order valence-corrected chi connectivity index (χ2v) is 8.07. The first kappa shape index (κ1) is 20.4. The van der Waals surface area contributed by atoms with Crippen molar-refractivity contribution in [1.82, 2.24) is 9.80 Å². The molecule has 3 rings (SSSR count). The van der Waals surface area contributed by atoms with Crippen molar-refractivity contribution in [2.24, 2.45) is 0 Å². The number of amides is 1. The molecule has 6 heteroatoms. The Hall–Kier alpha value is -2.37. The standard InChI is InChI=1S/C22H23IN4O/c1-17-13-20(23)7-8-21(17)25-15-19(14-24)22(28)27-11-9-26(10-12-27)16-18-5-3-2-4-6-18/h2-8,13,15,25H,9-12,16H2,1H3/b19-15-. The fourth-order valence-corrected chi connectivity index (χ4v) is 3.85. The number of benzene rings is 2. The van der Waals surface area contributed by atoms with E-state index in [1.165, 1.54) is 11.8 Å². The summed E-state index contributed by atoms with van der Waals surface area (Å²) in [5.41, 5.74) is 3.38. The number of piperazine rings is 1. The number of anilines is 1. The molecule has 0 spiro atoms. The lowest BCUT2D eigenvalue weighted by Gasteiger charge is -2.34. The van der Waals surface area contributed by atoms with Gasteiger partial charge in [-0.25, -0.2) is 0 Å². The Morgan fingerprint density at radius 3 is 2.54 bits per heavy atom. The summed E-state index contributed by atoms with van der Waals surface area (Å²) in [4.78, 5) is 16.8. The van der Waals surface area contributed by atoms with E-state index in [9.17, 15) is 10.1 Å². The second-order valence-electron chi connectivity index (χ2n) is 6.83. The highest BCUT2D eigenvalue weighted by molar-refractivity contribution is 14.1. The number of nitriles is 1. The van der Waals surface area contributed by atoms with Crippen LogP contribution in [0.3, 0.4) is 0 Å². The van der Waals surface area contributed by atoms with Crippen molar-refractivity contribution in [2.45, 2.75) is 13.5 Å². The van der Waals surface area contributed by atoms with E-state index in [4.69, 9.17) is 0 Å². The summed E-state index contributed by atoms with van der Waals surface area (Å²) in [6.45, 7) is 5.77. The molecular weight excluding hydrogens is 463 g/mol. The fraction of sp³-hybridized carbons (Fsp3) is 0.273. The largest absolute Gasteiger partial charge is 0.360 e. The van der Waals surface area contributed by atoms with Crippen molar-refractivity contribution in [2.75, 3.05) is 31.5 Å². The molecule has 0 unspecified atom stereocenters. The molecule has 0 radical (unpaired) electrons. The summed E-state index contributed by atoms with van der Waals surface area (Å²) in [6.07, 6.45) is 1.52. The molecule has 2 aromatic carbocycles. The van der Waals surface area contributed by atoms with E-state index in [2.05, 4.69) is 51.0 Å². The van der Waals surface area contributed by atoms with Gasteiger partial charge in [-0.05, 0) is 58.8 Å². The summed E-state index contributed by atoms with van der Waals surface area (Å²) < 4.78 is 1.15. The van der Waals surface area contributed by atoms with Crippen LogP contribution in [0, 0.1) is 21.8 Å². The van der Waals surface area contributed by atoms with Crippen LogP contribution >= 0.6 is 22.6 Å². The molecule has 5 nitrogen and oxygen atoms in total. The number of carbonyl (C=O) groups is 1. The Morgan fingerprint density at radius 2 is 1.89 bits per heavy atom. The van der Waals surface area contributed by atoms with E-state index in [0.717, 1.165) is 34.5 Å². The van der Waals surface area contributed by atoms with Gasteiger partial charge in [-0.15, -0.1) is 0 Å². The van der Waals surface area contributed by atoms with Crippen LogP contribution in [0.5, 0.6) is 0 Å². The molecule has 1 aliphatic rings. The maximum atomic E-state index is 12.7. The number of hydrogen-bond donors (Lipinski definition) is 1. The number of hydrogen-bond acceptors (Lipinski definition) is 4. The van der Waals surface area contributed by atoms with E-state index in [0.29, 0.717) is 13.1 Å². The normalized spacial score (nSPS) is 15.2. The highest BCUT2D eigenvalue weighted by Crippen LogP contribution is 2.18. The average molecular weight is 486 g/mol. The quantitative estimate of drug-likeness (QED) is 0.397. The minimum absolute atomic E-state index is 0.134. The van der Waals surface area contributed by atoms with E-state index < -0.39 is 0 Å². The van der Waals surface area contributed by atoms with Gasteiger partial charge < -0.3 is 10.2 Å². The minimum Gasteiger partial charge on any atom is -0.360 e. The van der Waals surface area contributed by atoms with E-state index in [1.807, 2.05) is 43.3 Å². The number of nitrogens with one attached hydrogen (secondary N) is 1. The molecule has 28 heavy (non-hydrogen) atoms. The van der Waals surface area contributed by atoms with E-state index >= 15 is 0 Å². The molecular formula is C22H23IN4O. The van der Waals surface area contributed by atoms with Crippen molar-refractivity contribution < 1.29 is 4.79 Å². The van der Waals surface area contributed by atoms with Gasteiger partial charge >= 0.3 is 0 Å². The number of halogens is 1. The number of carbonyl (C=O) groups excluding carboxylic acids is 1. The van der Waals surface area contributed by atoms with Crippen molar-refractivity contribution in [3.63, 3.8) is 0 Å². The van der Waals surface area contributed by atoms with Gasteiger partial charge in [0.15, 0.2) is 0 Å². The molecule has 0 aliphatic carbocycles. The van der Waals surface area contributed by atoms with Gasteiger partial charge in [-0.1, -0.05) is 30.3 Å². The lowest BCUT2D eigenvalue weighted by molar-refractivity contribution is -0.128. The Balaban J connectivity index is 1.57. The van der Waals surface area contributed by atoms with Gasteiger partial charge in [-0.2, -0.15) is 5.26 Å². The first-order chi connectivity index (χ1) is 13.6. The molecule has 1 amide bonds. The molecule has 0 bridgehead atoms. The first-order valence-corrected chi connectivity index (χ1v) is 10.3. The minimum atomic E-state index is -0.211. The molecule has 1 saturated heterocycles. The van der Waals surface area contributed by atoms with Crippen LogP contribution < -0.4 is 5.32 Å². The van der Waals surface area contributed by atoms with Crippen LogP contribution in [-0.2, 0) is 11.3 Å². The van der Waals surface area contributed by atoms with Gasteiger partial charge in [0, 0.05) is 48.2 Å². The van der Waals surface area contributed by atoms with Gasteiger partial charge in [0.2, 0.25) is 0 Å². The molecule has 1 aliphatic heterocycles. The van der Waals surface area contributed by atoms with Crippen molar-refractivity contribution >= 4 is 34.2 Å². The van der Waals surface area contributed by atoms with Gasteiger partial charge in [0.25, 0.3) is 5.91 Å². The van der Waals surface area contributed by atoms with Crippen LogP contribution in [0.4, 0.5) is 5.69 Å². The van der Waals surface area contributed by atoms with Crippen LogP contribution in [0.25, 0.3) is 0 Å². The van der Waals surface area contributed by atoms with E-state index in [1.54, 1.807) is 4.90 Å². The molecule has 144 valence electrons. The second kappa shape index (κ2) is 9.71. The van der Waals surface area contributed by atoms with Crippen molar-refractivity contribution in [1.29, 1.82) is 5.26 Å². The van der Waals surface area contributed by atoms with Crippen LogP contribution in [0.15, 0.2) is 60.3 Å². The third-order valence-electron chi connectivity index (χ3n) is 4.82. The van der Waals surface area contributed by atoms with E-state index in [-0.39, 0.29) is 11.5 Å². The Bertz CT molecular complexity index is 896. The topological polar surface area (TPSA) is 59.4 Å². The lowest BCUT2D eigenvalue weighted by atomic mass is 10.2. The zero-order valence-corrected chi connectivity index (χ0v) is 18.0. The Labute approximate surface area is 179 Å². The SMILES string of the molecule is Cc1cc(I)ccc1N/C=C(/C#N)C(=O)N1CCN(Cc2ccccc2)CC1. The average Bonchev–Trinajstić information content (AvgIpc) is 2.71. The van der Waals surface area contributed by atoms with Gasteiger partial charge in [-0.3, -0.25) is 9.69 Å². The molecule has 0 saturated carbocycles. The van der Waals surface area contributed by atoms with Gasteiger partial charge in [0.05, 0.1) is 0 Å². The zero-order chi connectivity index (χ0) is 19.9. The summed E-state index contributed by atoms with van der Waals surface area (Å²) in [5, 5.41) is 12.6. The monoisotopic (exact) mass is 486 g/mol. The molecule has 1 N–H and O–H groups in total. The number of rotatable bonds is 5. The summed E-state index contributed by atoms with van der Waals surface area (Å²) >= 11 is 2.26. The van der Waals surface area contributed by atoms with Crippen molar-refractivity contribution in [3.05, 3.63) is 75.0 Å². The van der Waals surface area contributed by atoms with Gasteiger partial charge in [0.1, 0.15) is 11.6 Å². The maximum Gasteiger partial charge on any atom is 0.266 e. The highest BCUT2D eigenvalue weighted by Gasteiger charge is 2.23. The third-order valence-corrected chi connectivity index (χ3v) is 5.49. The smallest absolute Gasteiger partial charge is 0.266 e. The molecule has 0 atom stereocenters. The number of nitrogens with zero attached hydrogens (tertiary/aromatic N) is 3. The first-order valence-electron chi connectivity index (χ1n) is 9.25. The molecule has 1 heterocycles. The Kier molecular flexibility index (Phi) is 7.06. The van der Waals surface area contributed by atoms with Crippen molar-refractivity contribution in [3.8, 4) is 6.07 Å². The van der Waals surface area contributed by atoms with Crippen LogP contribution in [0.2, 0.25) is 0 Å². The van der Waals surface area contributed by atoms with Crippen LogP contribution in [-0.4, -0.2) is 41.9 Å². The Morgan fingerprint density at radius 1 is 1.18 bits per heavy atom. The maximum absolute atomic E-state index is 12.7. The molecule has 0 aromatic heterocycles.